The minimum atomic E-state index is -0.434. The number of guanidine groups is 1. The standard InChI is InChI=1S/C18H35N5O4/c1-5-26-17(24)22-15(11-13(3)4)12-20-16(19)21-14-7-9-23(10-8-14)18(25)27-6-2/h13-15H,5-12H2,1-4H3,(H,22,24)(H3,19,20,21). The number of rotatable bonds is 8. The van der Waals surface area contributed by atoms with Gasteiger partial charge in [-0.1, -0.05) is 13.8 Å². The smallest absolute Gasteiger partial charge is 0.409 e. The van der Waals surface area contributed by atoms with Gasteiger partial charge in [-0.25, -0.2) is 9.59 Å². The van der Waals surface area contributed by atoms with E-state index < -0.39 is 6.09 Å². The van der Waals surface area contributed by atoms with Crippen molar-refractivity contribution in [1.29, 1.82) is 0 Å². The van der Waals surface area contributed by atoms with Crippen LogP contribution in [0.1, 0.15) is 47.0 Å². The summed E-state index contributed by atoms with van der Waals surface area (Å²) in [6.45, 7) is 10.1. The minimum Gasteiger partial charge on any atom is -0.450 e. The summed E-state index contributed by atoms with van der Waals surface area (Å²) in [6, 6.07) is 0.0380. The highest BCUT2D eigenvalue weighted by Gasteiger charge is 2.23. The molecule has 4 N–H and O–H groups in total. The maximum absolute atomic E-state index is 11.7. The Balaban J connectivity index is 2.45. The first-order chi connectivity index (χ1) is 12.8. The minimum absolute atomic E-state index is 0.130. The van der Waals surface area contributed by atoms with Crippen LogP contribution >= 0.6 is 0 Å². The Labute approximate surface area is 162 Å². The lowest BCUT2D eigenvalue weighted by atomic mass is 10.0. The Kier molecular flexibility index (Phi) is 10.4. The maximum Gasteiger partial charge on any atom is 0.409 e. The average Bonchev–Trinajstić information content (AvgIpc) is 2.60. The fourth-order valence-electron chi connectivity index (χ4n) is 2.97. The lowest BCUT2D eigenvalue weighted by molar-refractivity contribution is 0.0963. The number of piperidine rings is 1. The Hall–Kier alpha value is -2.19. The molecule has 9 heteroatoms. The summed E-state index contributed by atoms with van der Waals surface area (Å²) in [5.41, 5.74) is 6.00. The van der Waals surface area contributed by atoms with Gasteiger partial charge in [-0.2, -0.15) is 0 Å². The van der Waals surface area contributed by atoms with Crippen molar-refractivity contribution < 1.29 is 19.1 Å². The summed E-state index contributed by atoms with van der Waals surface area (Å²) in [7, 11) is 0. The largest absolute Gasteiger partial charge is 0.450 e. The van der Waals surface area contributed by atoms with E-state index in [1.54, 1.807) is 18.7 Å². The molecule has 0 radical (unpaired) electrons. The quantitative estimate of drug-likeness (QED) is 0.432. The Morgan fingerprint density at radius 1 is 1.19 bits per heavy atom. The van der Waals surface area contributed by atoms with E-state index >= 15 is 0 Å². The van der Waals surface area contributed by atoms with Crippen LogP contribution in [0.5, 0.6) is 0 Å². The molecular weight excluding hydrogens is 350 g/mol. The van der Waals surface area contributed by atoms with Gasteiger partial charge in [0.1, 0.15) is 0 Å². The summed E-state index contributed by atoms with van der Waals surface area (Å²) in [5.74, 6) is 0.762. The second-order valence-electron chi connectivity index (χ2n) is 7.02. The molecule has 2 amide bonds. The van der Waals surface area contributed by atoms with E-state index in [1.807, 2.05) is 0 Å². The van der Waals surface area contributed by atoms with E-state index in [0.717, 1.165) is 19.3 Å². The third kappa shape index (κ3) is 9.35. The molecule has 0 saturated carbocycles. The highest BCUT2D eigenvalue weighted by atomic mass is 16.6. The van der Waals surface area contributed by atoms with Gasteiger partial charge < -0.3 is 30.7 Å². The van der Waals surface area contributed by atoms with Gasteiger partial charge in [0.25, 0.3) is 0 Å². The first kappa shape index (κ1) is 22.9. The van der Waals surface area contributed by atoms with Gasteiger partial charge in [0.15, 0.2) is 5.96 Å². The SMILES string of the molecule is CCOC(=O)NC(CN=C(N)NC1CCN(C(=O)OCC)CC1)CC(C)C. The molecule has 1 aliphatic heterocycles. The molecule has 1 aliphatic rings. The van der Waals surface area contributed by atoms with Crippen molar-refractivity contribution in [3.8, 4) is 0 Å². The first-order valence-electron chi connectivity index (χ1n) is 9.77. The molecule has 1 heterocycles. The summed E-state index contributed by atoms with van der Waals surface area (Å²) in [5, 5.41) is 6.03. The molecular formula is C18H35N5O4. The molecule has 1 fully saturated rings. The van der Waals surface area contributed by atoms with Crippen molar-refractivity contribution in [3.05, 3.63) is 0 Å². The van der Waals surface area contributed by atoms with Gasteiger partial charge in [0.05, 0.1) is 25.8 Å². The molecule has 0 aromatic heterocycles. The van der Waals surface area contributed by atoms with Crippen LogP contribution in [0.2, 0.25) is 0 Å². The summed E-state index contributed by atoms with van der Waals surface area (Å²) >= 11 is 0. The maximum atomic E-state index is 11.7. The van der Waals surface area contributed by atoms with Crippen LogP contribution in [0.25, 0.3) is 0 Å². The number of amides is 2. The third-order valence-corrected chi connectivity index (χ3v) is 4.21. The molecule has 1 unspecified atom stereocenters. The monoisotopic (exact) mass is 385 g/mol. The van der Waals surface area contributed by atoms with Crippen LogP contribution in [0.3, 0.4) is 0 Å². The number of hydrogen-bond donors (Lipinski definition) is 3. The van der Waals surface area contributed by atoms with E-state index in [0.29, 0.717) is 44.7 Å². The number of carbonyl (C=O) groups is 2. The van der Waals surface area contributed by atoms with Crippen LogP contribution in [0, 0.1) is 5.92 Å². The van der Waals surface area contributed by atoms with Crippen LogP contribution in [0.15, 0.2) is 4.99 Å². The number of aliphatic imine (C=N–C) groups is 1. The van der Waals surface area contributed by atoms with Crippen LogP contribution in [0.4, 0.5) is 9.59 Å². The zero-order chi connectivity index (χ0) is 20.2. The molecule has 0 bridgehead atoms. The van der Waals surface area contributed by atoms with Crippen molar-refractivity contribution in [3.63, 3.8) is 0 Å². The number of likely N-dealkylation sites (tertiary alicyclic amines) is 1. The molecule has 156 valence electrons. The average molecular weight is 386 g/mol. The third-order valence-electron chi connectivity index (χ3n) is 4.21. The van der Waals surface area contributed by atoms with Crippen molar-refractivity contribution in [2.45, 2.75) is 59.0 Å². The van der Waals surface area contributed by atoms with E-state index in [4.69, 9.17) is 15.2 Å². The van der Waals surface area contributed by atoms with Gasteiger partial charge in [-0.05, 0) is 39.0 Å². The van der Waals surface area contributed by atoms with Crippen LogP contribution < -0.4 is 16.4 Å². The molecule has 1 rings (SSSR count). The number of hydrogen-bond acceptors (Lipinski definition) is 5. The van der Waals surface area contributed by atoms with Gasteiger partial charge in [0.2, 0.25) is 0 Å². The number of ether oxygens (including phenoxy) is 2. The van der Waals surface area contributed by atoms with Crippen molar-refractivity contribution in [2.24, 2.45) is 16.6 Å². The summed E-state index contributed by atoms with van der Waals surface area (Å²) in [4.78, 5) is 29.5. The summed E-state index contributed by atoms with van der Waals surface area (Å²) in [6.07, 6.45) is 1.65. The van der Waals surface area contributed by atoms with E-state index in [9.17, 15) is 9.59 Å². The van der Waals surface area contributed by atoms with E-state index in [1.165, 1.54) is 0 Å². The Morgan fingerprint density at radius 2 is 1.81 bits per heavy atom. The molecule has 27 heavy (non-hydrogen) atoms. The van der Waals surface area contributed by atoms with Crippen LogP contribution in [-0.2, 0) is 9.47 Å². The van der Waals surface area contributed by atoms with Crippen LogP contribution in [-0.4, -0.2) is 68.0 Å². The zero-order valence-electron chi connectivity index (χ0n) is 17.0. The molecule has 1 saturated heterocycles. The van der Waals surface area contributed by atoms with Gasteiger partial charge in [-0.15, -0.1) is 0 Å². The van der Waals surface area contributed by atoms with E-state index in [-0.39, 0.29) is 18.2 Å². The summed E-state index contributed by atoms with van der Waals surface area (Å²) < 4.78 is 9.96. The fourth-order valence-corrected chi connectivity index (χ4v) is 2.97. The molecule has 0 aromatic rings. The lowest BCUT2D eigenvalue weighted by Crippen LogP contribution is -2.49. The molecule has 1 atom stereocenters. The number of nitrogens with two attached hydrogens (primary N) is 1. The highest BCUT2D eigenvalue weighted by Crippen LogP contribution is 2.11. The Bertz CT molecular complexity index is 490. The first-order valence-corrected chi connectivity index (χ1v) is 9.77. The van der Waals surface area contributed by atoms with Crippen molar-refractivity contribution in [2.75, 3.05) is 32.8 Å². The highest BCUT2D eigenvalue weighted by molar-refractivity contribution is 5.78. The second-order valence-corrected chi connectivity index (χ2v) is 7.02. The molecule has 9 nitrogen and oxygen atoms in total. The van der Waals surface area contributed by atoms with E-state index in [2.05, 4.69) is 29.5 Å². The Morgan fingerprint density at radius 3 is 2.37 bits per heavy atom. The predicted molar refractivity (Wildman–Crippen MR) is 105 cm³/mol. The lowest BCUT2D eigenvalue weighted by Gasteiger charge is -2.31. The predicted octanol–water partition coefficient (Wildman–Crippen LogP) is 1.67. The second kappa shape index (κ2) is 12.2. The van der Waals surface area contributed by atoms with Gasteiger partial charge in [-0.3, -0.25) is 4.99 Å². The normalized spacial score (nSPS) is 16.8. The zero-order valence-corrected chi connectivity index (χ0v) is 17.0. The molecule has 0 aromatic carbocycles. The van der Waals surface area contributed by atoms with Gasteiger partial charge >= 0.3 is 12.2 Å². The fraction of sp³-hybridized carbons (Fsp3) is 0.833. The van der Waals surface area contributed by atoms with Crippen molar-refractivity contribution in [1.82, 2.24) is 15.5 Å². The van der Waals surface area contributed by atoms with Gasteiger partial charge in [0, 0.05) is 19.1 Å². The number of alkyl carbamates (subject to hydrolysis) is 1. The van der Waals surface area contributed by atoms with Crippen molar-refractivity contribution >= 4 is 18.1 Å². The molecule has 0 spiro atoms. The topological polar surface area (TPSA) is 118 Å². The molecule has 0 aliphatic carbocycles. The number of carbonyl (C=O) groups excluding carboxylic acids is 2. The number of nitrogens with zero attached hydrogens (tertiary/aromatic N) is 2. The number of nitrogens with one attached hydrogen (secondary N) is 2.